The van der Waals surface area contributed by atoms with Gasteiger partial charge in [0.05, 0.1) is 12.1 Å². The van der Waals surface area contributed by atoms with Crippen LogP contribution in [0.3, 0.4) is 0 Å². The van der Waals surface area contributed by atoms with Crippen molar-refractivity contribution in [3.8, 4) is 0 Å². The van der Waals surface area contributed by atoms with Gasteiger partial charge in [0.15, 0.2) is 5.17 Å². The molecule has 7 nitrogen and oxygen atoms in total. The van der Waals surface area contributed by atoms with E-state index in [2.05, 4.69) is 69.8 Å². The van der Waals surface area contributed by atoms with Crippen LogP contribution in [-0.4, -0.2) is 45.9 Å². The second-order valence-electron chi connectivity index (χ2n) is 17.7. The Kier molecular flexibility index (Phi) is 8.36. The van der Waals surface area contributed by atoms with E-state index >= 15 is 0 Å². The van der Waals surface area contributed by atoms with Crippen molar-refractivity contribution in [2.24, 2.45) is 56.2 Å². The molecule has 0 unspecified atom stereocenters. The van der Waals surface area contributed by atoms with Gasteiger partial charge in [-0.1, -0.05) is 76.7 Å². The standard InChI is InChI=1S/C41H55N3O4S/c1-24(2)27-14-19-41(44-34(46)33(45)43-36-42-22-23-49-36)21-20-39(6)29(32(27)41)12-13-31-38(5)17-15-28(25-8-10-26(11-9-25)35(47)48)37(3,4)30(38)16-18-40(31,39)7/h8-11,15,27,29-32H,1,12-14,16-23H2,2-7H3,(H,44,46)(H,47,48)(H,42,43,45)/t27-,29+,30-,31+,32+,38-,39+,40+,41-/m0/s1. The lowest BCUT2D eigenvalue weighted by Gasteiger charge is -2.72. The van der Waals surface area contributed by atoms with Crippen LogP contribution in [0.4, 0.5) is 0 Å². The summed E-state index contributed by atoms with van der Waals surface area (Å²) in [5.74, 6) is 0.973. The van der Waals surface area contributed by atoms with Crippen molar-refractivity contribution >= 4 is 40.3 Å². The lowest BCUT2D eigenvalue weighted by atomic mass is 9.33. The molecule has 0 radical (unpaired) electrons. The van der Waals surface area contributed by atoms with Crippen molar-refractivity contribution < 1.29 is 19.5 Å². The largest absolute Gasteiger partial charge is 0.478 e. The summed E-state index contributed by atoms with van der Waals surface area (Å²) in [7, 11) is 0. The fourth-order valence-corrected chi connectivity index (χ4v) is 13.8. The zero-order chi connectivity index (χ0) is 35.1. The van der Waals surface area contributed by atoms with Crippen molar-refractivity contribution in [3.63, 3.8) is 0 Å². The minimum absolute atomic E-state index is 0.0392. The first-order valence-corrected chi connectivity index (χ1v) is 19.6. The van der Waals surface area contributed by atoms with E-state index < -0.39 is 23.3 Å². The van der Waals surface area contributed by atoms with Crippen molar-refractivity contribution in [1.82, 2.24) is 10.6 Å². The number of carbonyl (C=O) groups is 3. The Morgan fingerprint density at radius 2 is 1.63 bits per heavy atom. The Balaban J connectivity index is 1.18. The highest BCUT2D eigenvalue weighted by atomic mass is 32.2. The highest BCUT2D eigenvalue weighted by Gasteiger charge is 2.70. The zero-order valence-corrected chi connectivity index (χ0v) is 31.1. The Labute approximate surface area is 296 Å². The zero-order valence-electron chi connectivity index (χ0n) is 30.3. The summed E-state index contributed by atoms with van der Waals surface area (Å²) in [6.07, 6.45) is 12.0. The Morgan fingerprint density at radius 3 is 2.29 bits per heavy atom. The first-order valence-electron chi connectivity index (χ1n) is 18.6. The highest BCUT2D eigenvalue weighted by molar-refractivity contribution is 8.14. The average molecular weight is 686 g/mol. The van der Waals surface area contributed by atoms with E-state index in [1.54, 1.807) is 12.1 Å². The van der Waals surface area contributed by atoms with Crippen LogP contribution in [0.1, 0.15) is 115 Å². The Bertz CT molecular complexity index is 1650. The first kappa shape index (κ1) is 34.6. The van der Waals surface area contributed by atoms with E-state index in [4.69, 9.17) is 0 Å². The normalized spacial score (nSPS) is 40.4. The molecule has 5 aliphatic carbocycles. The topological polar surface area (TPSA) is 108 Å². The molecule has 6 aliphatic rings. The number of hydrogen-bond donors (Lipinski definition) is 3. The van der Waals surface area contributed by atoms with Crippen molar-refractivity contribution in [2.45, 2.75) is 105 Å². The summed E-state index contributed by atoms with van der Waals surface area (Å²) in [4.78, 5) is 42.5. The molecule has 1 heterocycles. The molecule has 8 heteroatoms. The van der Waals surface area contributed by atoms with Gasteiger partial charge in [-0.25, -0.2) is 4.79 Å². The third kappa shape index (κ3) is 5.11. The Morgan fingerprint density at radius 1 is 0.898 bits per heavy atom. The minimum atomic E-state index is -0.888. The fourth-order valence-electron chi connectivity index (χ4n) is 13.1. The van der Waals surface area contributed by atoms with Gasteiger partial charge in [0.1, 0.15) is 0 Å². The number of fused-ring (bicyclic) bond motifs is 7. The molecular weight excluding hydrogens is 631 g/mol. The smallest absolute Gasteiger partial charge is 0.335 e. The summed E-state index contributed by atoms with van der Waals surface area (Å²) in [5, 5.41) is 16.2. The van der Waals surface area contributed by atoms with Crippen LogP contribution in [0.25, 0.3) is 5.57 Å². The molecule has 0 aromatic heterocycles. The van der Waals surface area contributed by atoms with Crippen LogP contribution >= 0.6 is 11.8 Å². The molecule has 0 saturated heterocycles. The molecule has 3 N–H and O–H groups in total. The second-order valence-corrected chi connectivity index (χ2v) is 18.8. The van der Waals surface area contributed by atoms with Gasteiger partial charge in [0.25, 0.3) is 0 Å². The lowest BCUT2D eigenvalue weighted by Crippen LogP contribution is -2.68. The monoisotopic (exact) mass is 685 g/mol. The van der Waals surface area contributed by atoms with E-state index in [0.717, 1.165) is 49.8 Å². The van der Waals surface area contributed by atoms with Crippen LogP contribution in [0.2, 0.25) is 0 Å². The van der Waals surface area contributed by atoms with Gasteiger partial charge < -0.3 is 10.4 Å². The number of hydrogen-bond acceptors (Lipinski definition) is 5. The first-order chi connectivity index (χ1) is 23.1. The number of carbonyl (C=O) groups excluding carboxylic acids is 2. The number of nitrogens with one attached hydrogen (secondary N) is 2. The maximum Gasteiger partial charge on any atom is 0.335 e. The van der Waals surface area contributed by atoms with Crippen LogP contribution in [-0.2, 0) is 9.59 Å². The number of rotatable bonds is 4. The number of carboxylic acids is 1. The molecule has 4 fully saturated rings. The van der Waals surface area contributed by atoms with Crippen LogP contribution in [0.15, 0.2) is 47.5 Å². The van der Waals surface area contributed by atoms with E-state index in [1.807, 2.05) is 12.1 Å². The molecular formula is C41H55N3O4S. The SMILES string of the molecule is C=C(C)[C@@H]1CC[C@]2(NC(=O)C(=O)NC3=NCCS3)CC[C@]3(C)[C@H](CC[C@@H]4[C@@]5(C)CC=C(c6ccc(C(=O)O)cc6)C(C)(C)[C@@H]5CC[C@]43C)[C@@H]12. The van der Waals surface area contributed by atoms with Gasteiger partial charge >= 0.3 is 17.8 Å². The molecule has 1 aromatic carbocycles. The van der Waals surface area contributed by atoms with Gasteiger partial charge in [0, 0.05) is 11.3 Å². The molecule has 49 heavy (non-hydrogen) atoms. The predicted octanol–water partition coefficient (Wildman–Crippen LogP) is 8.12. The van der Waals surface area contributed by atoms with Gasteiger partial charge in [-0.05, 0) is 139 Å². The predicted molar refractivity (Wildman–Crippen MR) is 197 cm³/mol. The maximum atomic E-state index is 13.5. The number of aliphatic imine (C=N–C) groups is 1. The molecule has 1 aromatic rings. The molecule has 0 spiro atoms. The van der Waals surface area contributed by atoms with E-state index in [9.17, 15) is 19.5 Å². The number of benzene rings is 1. The number of carboxylic acid groups (broad SMARTS) is 1. The quantitative estimate of drug-likeness (QED) is 0.219. The third-order valence-corrected chi connectivity index (χ3v) is 16.4. The van der Waals surface area contributed by atoms with Crippen LogP contribution in [0.5, 0.6) is 0 Å². The van der Waals surface area contributed by atoms with Crippen molar-refractivity contribution in [3.05, 3.63) is 53.6 Å². The van der Waals surface area contributed by atoms with Crippen LogP contribution < -0.4 is 10.6 Å². The third-order valence-electron chi connectivity index (χ3n) is 15.5. The molecule has 2 amide bonds. The summed E-state index contributed by atoms with van der Waals surface area (Å²) in [6, 6.07) is 7.48. The van der Waals surface area contributed by atoms with Gasteiger partial charge in [-0.3, -0.25) is 19.9 Å². The average Bonchev–Trinajstić information content (AvgIpc) is 3.69. The molecule has 4 saturated carbocycles. The maximum absolute atomic E-state index is 13.5. The summed E-state index contributed by atoms with van der Waals surface area (Å²) < 4.78 is 0. The number of amides is 2. The van der Waals surface area contributed by atoms with E-state index in [1.165, 1.54) is 42.2 Å². The minimum Gasteiger partial charge on any atom is -0.478 e. The number of thioether (sulfide) groups is 1. The van der Waals surface area contributed by atoms with Gasteiger partial charge in [0.2, 0.25) is 0 Å². The van der Waals surface area contributed by atoms with Crippen molar-refractivity contribution in [2.75, 3.05) is 12.3 Å². The van der Waals surface area contributed by atoms with Crippen LogP contribution in [0, 0.1) is 51.2 Å². The van der Waals surface area contributed by atoms with Gasteiger partial charge in [-0.2, -0.15) is 0 Å². The number of amidine groups is 1. The number of allylic oxidation sites excluding steroid dienone is 3. The second kappa shape index (κ2) is 11.8. The molecule has 7 rings (SSSR count). The number of aromatic carboxylic acids is 1. The molecule has 9 atom stereocenters. The van der Waals surface area contributed by atoms with E-state index in [-0.39, 0.29) is 27.6 Å². The van der Waals surface area contributed by atoms with E-state index in [0.29, 0.717) is 40.9 Å². The summed E-state index contributed by atoms with van der Waals surface area (Å²) in [6.45, 7) is 19.9. The molecule has 264 valence electrons. The number of nitrogens with zero attached hydrogens (tertiary/aromatic N) is 1. The van der Waals surface area contributed by atoms with Gasteiger partial charge in [-0.15, -0.1) is 0 Å². The lowest BCUT2D eigenvalue weighted by molar-refractivity contribution is -0.219. The summed E-state index contributed by atoms with van der Waals surface area (Å²) in [5.41, 5.74) is 4.01. The summed E-state index contributed by atoms with van der Waals surface area (Å²) >= 11 is 1.49. The van der Waals surface area contributed by atoms with Crippen molar-refractivity contribution in [1.29, 1.82) is 0 Å². The molecule has 1 aliphatic heterocycles. The Hall–Kier alpha value is -2.87. The molecule has 0 bridgehead atoms. The highest BCUT2D eigenvalue weighted by Crippen LogP contribution is 2.76. The fraction of sp³-hybridized carbons (Fsp3) is 0.659.